The summed E-state index contributed by atoms with van der Waals surface area (Å²) < 4.78 is 16.7. The molecule has 6 nitrogen and oxygen atoms in total. The highest BCUT2D eigenvalue weighted by Gasteiger charge is 2.19. The molecule has 0 aromatic rings. The van der Waals surface area contributed by atoms with Crippen LogP contribution in [0.4, 0.5) is 0 Å². The van der Waals surface area contributed by atoms with Crippen LogP contribution in [0.1, 0.15) is 233 Å². The number of rotatable bonds is 45. The van der Waals surface area contributed by atoms with Crippen LogP contribution in [-0.4, -0.2) is 37.2 Å². The van der Waals surface area contributed by atoms with Gasteiger partial charge < -0.3 is 14.2 Å². The van der Waals surface area contributed by atoms with Crippen molar-refractivity contribution >= 4 is 17.9 Å². The minimum atomic E-state index is -0.811. The summed E-state index contributed by atoms with van der Waals surface area (Å²) in [4.78, 5) is 37.9. The fraction of sp³-hybridized carbons (Fsp3) is 0.696. The van der Waals surface area contributed by atoms with E-state index in [1.54, 1.807) is 0 Å². The molecule has 0 bridgehead atoms. The second-order valence-corrected chi connectivity index (χ2v) is 16.7. The van der Waals surface area contributed by atoms with E-state index in [1.807, 2.05) is 0 Å². The zero-order valence-electron chi connectivity index (χ0n) is 40.4. The third kappa shape index (κ3) is 47.6. The van der Waals surface area contributed by atoms with E-state index in [4.69, 9.17) is 14.2 Å². The Morgan fingerprint density at radius 3 is 1.05 bits per heavy atom. The van der Waals surface area contributed by atoms with E-state index in [2.05, 4.69) is 106 Å². The standard InChI is InChI=1S/C56H94O6/c1-4-7-10-13-16-19-22-24-26-28-30-31-34-37-40-43-46-49-55(58)61-52-53(51-60-54(57)48-45-42-39-36-33-21-18-15-12-9-6-3)62-56(59)50-47-44-41-38-35-32-29-27-25-23-20-17-14-11-8-5-2/h8-9,11-12,17-18,20-21,25,27,32,35-36,39,53H,4-7,10,13-16,19,22-24,26,28-31,33-34,37-38,40-52H2,1-3H3/b11-8-,12-9-,20-17-,21-18-,27-25-,35-32-,39-36-. The number of hydrogen-bond donors (Lipinski definition) is 0. The number of ether oxygens (including phenoxy) is 3. The van der Waals surface area contributed by atoms with Crippen molar-refractivity contribution in [3.05, 3.63) is 85.1 Å². The fourth-order valence-electron chi connectivity index (χ4n) is 6.87. The Hall–Kier alpha value is -3.41. The Balaban J connectivity index is 4.44. The quantitative estimate of drug-likeness (QED) is 0.0263. The van der Waals surface area contributed by atoms with Crippen LogP contribution >= 0.6 is 0 Å². The summed E-state index contributed by atoms with van der Waals surface area (Å²) >= 11 is 0. The van der Waals surface area contributed by atoms with Gasteiger partial charge in [0.25, 0.3) is 0 Å². The highest BCUT2D eigenvalue weighted by Crippen LogP contribution is 2.15. The average molecular weight is 863 g/mol. The normalized spacial score (nSPS) is 12.8. The molecule has 0 saturated heterocycles. The molecule has 0 saturated carbocycles. The molecule has 6 heteroatoms. The number of allylic oxidation sites excluding steroid dienone is 14. The molecule has 1 atom stereocenters. The predicted molar refractivity (Wildman–Crippen MR) is 265 cm³/mol. The maximum Gasteiger partial charge on any atom is 0.306 e. The van der Waals surface area contributed by atoms with Crippen molar-refractivity contribution in [3.8, 4) is 0 Å². The lowest BCUT2D eigenvalue weighted by molar-refractivity contribution is -0.167. The maximum absolute atomic E-state index is 12.8. The molecular weight excluding hydrogens is 769 g/mol. The topological polar surface area (TPSA) is 78.9 Å². The minimum absolute atomic E-state index is 0.104. The first-order chi connectivity index (χ1) is 30.5. The first-order valence-electron chi connectivity index (χ1n) is 25.6. The molecule has 1 unspecified atom stereocenters. The van der Waals surface area contributed by atoms with E-state index in [-0.39, 0.29) is 44.0 Å². The first-order valence-corrected chi connectivity index (χ1v) is 25.6. The molecule has 0 rings (SSSR count). The molecule has 0 aliphatic rings. The third-order valence-electron chi connectivity index (χ3n) is 10.6. The second kappa shape index (κ2) is 50.2. The molecule has 0 spiro atoms. The Morgan fingerprint density at radius 1 is 0.339 bits per heavy atom. The van der Waals surface area contributed by atoms with E-state index in [1.165, 1.54) is 89.9 Å². The van der Waals surface area contributed by atoms with Gasteiger partial charge in [-0.05, 0) is 83.5 Å². The molecule has 0 heterocycles. The summed E-state index contributed by atoms with van der Waals surface area (Å²) in [7, 11) is 0. The minimum Gasteiger partial charge on any atom is -0.462 e. The highest BCUT2D eigenvalue weighted by molar-refractivity contribution is 5.71. The lowest BCUT2D eigenvalue weighted by Gasteiger charge is -2.18. The number of carbonyl (C=O) groups excluding carboxylic acids is 3. The van der Waals surface area contributed by atoms with Crippen molar-refractivity contribution in [2.75, 3.05) is 13.2 Å². The van der Waals surface area contributed by atoms with Crippen LogP contribution < -0.4 is 0 Å². The summed E-state index contributed by atoms with van der Waals surface area (Å²) in [6.45, 7) is 6.33. The largest absolute Gasteiger partial charge is 0.462 e. The van der Waals surface area contributed by atoms with Gasteiger partial charge in [0, 0.05) is 19.3 Å². The Bertz CT molecular complexity index is 1220. The summed E-state index contributed by atoms with van der Waals surface area (Å²) in [5, 5.41) is 0. The van der Waals surface area contributed by atoms with E-state index in [9.17, 15) is 14.4 Å². The second-order valence-electron chi connectivity index (χ2n) is 16.7. The van der Waals surface area contributed by atoms with Gasteiger partial charge in [0.2, 0.25) is 0 Å². The third-order valence-corrected chi connectivity index (χ3v) is 10.6. The molecule has 0 amide bonds. The summed E-state index contributed by atoms with van der Waals surface area (Å²) in [6, 6.07) is 0. The van der Waals surface area contributed by atoms with Crippen LogP contribution in [0, 0.1) is 0 Å². The van der Waals surface area contributed by atoms with Gasteiger partial charge in [-0.2, -0.15) is 0 Å². The van der Waals surface area contributed by atoms with Crippen molar-refractivity contribution in [1.82, 2.24) is 0 Å². The lowest BCUT2D eigenvalue weighted by Crippen LogP contribution is -2.30. The zero-order valence-corrected chi connectivity index (χ0v) is 40.4. The van der Waals surface area contributed by atoms with Gasteiger partial charge in [-0.15, -0.1) is 0 Å². The van der Waals surface area contributed by atoms with Crippen molar-refractivity contribution in [2.24, 2.45) is 0 Å². The number of hydrogen-bond acceptors (Lipinski definition) is 6. The first kappa shape index (κ1) is 58.6. The number of esters is 3. The van der Waals surface area contributed by atoms with E-state index in [0.29, 0.717) is 12.8 Å². The van der Waals surface area contributed by atoms with Crippen molar-refractivity contribution in [3.63, 3.8) is 0 Å². The zero-order chi connectivity index (χ0) is 45.1. The molecule has 0 radical (unpaired) electrons. The van der Waals surface area contributed by atoms with Gasteiger partial charge in [0.1, 0.15) is 13.2 Å². The molecule has 0 aromatic heterocycles. The van der Waals surface area contributed by atoms with Gasteiger partial charge in [0.05, 0.1) is 0 Å². The maximum atomic E-state index is 12.8. The summed E-state index contributed by atoms with van der Waals surface area (Å²) in [5.41, 5.74) is 0. The van der Waals surface area contributed by atoms with Crippen molar-refractivity contribution in [1.29, 1.82) is 0 Å². The van der Waals surface area contributed by atoms with Crippen LogP contribution in [0.5, 0.6) is 0 Å². The van der Waals surface area contributed by atoms with Gasteiger partial charge in [-0.25, -0.2) is 0 Å². The van der Waals surface area contributed by atoms with Crippen LogP contribution in [-0.2, 0) is 28.6 Å². The Labute approximate surface area is 382 Å². The van der Waals surface area contributed by atoms with Crippen LogP contribution in [0.25, 0.3) is 0 Å². The van der Waals surface area contributed by atoms with Crippen LogP contribution in [0.2, 0.25) is 0 Å². The Kier molecular flexibility index (Phi) is 47.5. The van der Waals surface area contributed by atoms with Gasteiger partial charge >= 0.3 is 17.9 Å². The number of carbonyl (C=O) groups is 3. The van der Waals surface area contributed by atoms with E-state index < -0.39 is 6.10 Å². The highest BCUT2D eigenvalue weighted by atomic mass is 16.6. The average Bonchev–Trinajstić information content (AvgIpc) is 3.27. The van der Waals surface area contributed by atoms with E-state index in [0.717, 1.165) is 96.3 Å². The molecule has 0 aliphatic heterocycles. The molecule has 62 heavy (non-hydrogen) atoms. The smallest absolute Gasteiger partial charge is 0.306 e. The molecule has 0 N–H and O–H groups in total. The monoisotopic (exact) mass is 863 g/mol. The molecular formula is C56H94O6. The van der Waals surface area contributed by atoms with Gasteiger partial charge in [0.15, 0.2) is 6.10 Å². The molecule has 0 aliphatic carbocycles. The molecule has 0 fully saturated rings. The SMILES string of the molecule is CC/C=C\C/C=C\C/C=C\C/C=C\CCCCCC(=O)OC(COC(=O)CCC/C=C\C/C=C\C/C=C\CC)COC(=O)CCCCCCCCCCCCCCCCCCC. The molecule has 354 valence electrons. The van der Waals surface area contributed by atoms with Crippen molar-refractivity contribution < 1.29 is 28.6 Å². The summed E-state index contributed by atoms with van der Waals surface area (Å²) in [5.74, 6) is -0.993. The Morgan fingerprint density at radius 2 is 0.645 bits per heavy atom. The van der Waals surface area contributed by atoms with Crippen molar-refractivity contribution in [2.45, 2.75) is 239 Å². The number of unbranched alkanes of at least 4 members (excludes halogenated alkanes) is 20. The van der Waals surface area contributed by atoms with Crippen LogP contribution in [0.3, 0.4) is 0 Å². The lowest BCUT2D eigenvalue weighted by atomic mass is 10.0. The van der Waals surface area contributed by atoms with Gasteiger partial charge in [-0.1, -0.05) is 215 Å². The summed E-state index contributed by atoms with van der Waals surface area (Å²) in [6.07, 6.45) is 64.4. The van der Waals surface area contributed by atoms with E-state index >= 15 is 0 Å². The molecule has 0 aromatic carbocycles. The predicted octanol–water partition coefficient (Wildman–Crippen LogP) is 16.8. The van der Waals surface area contributed by atoms with Crippen LogP contribution in [0.15, 0.2) is 85.1 Å². The fourth-order valence-corrected chi connectivity index (χ4v) is 6.87. The van der Waals surface area contributed by atoms with Gasteiger partial charge in [-0.3, -0.25) is 14.4 Å².